The number of aromatic nitrogens is 4. The molecule has 35 heavy (non-hydrogen) atoms. The van der Waals surface area contributed by atoms with Crippen LogP contribution in [-0.2, 0) is 23.3 Å². The van der Waals surface area contributed by atoms with E-state index in [2.05, 4.69) is 26.0 Å². The van der Waals surface area contributed by atoms with Gasteiger partial charge >= 0.3 is 0 Å². The number of hydrogen-bond donors (Lipinski definition) is 3. The topological polar surface area (TPSA) is 122 Å². The van der Waals surface area contributed by atoms with Gasteiger partial charge in [-0.15, -0.1) is 5.10 Å². The van der Waals surface area contributed by atoms with Gasteiger partial charge in [-0.3, -0.25) is 19.5 Å². The molecule has 1 aliphatic heterocycles. The number of ketones is 1. The average molecular weight is 486 g/mol. The van der Waals surface area contributed by atoms with E-state index >= 15 is 0 Å². The van der Waals surface area contributed by atoms with E-state index in [1.54, 1.807) is 11.5 Å². The van der Waals surface area contributed by atoms with Gasteiger partial charge in [0.25, 0.3) is 23.5 Å². The van der Waals surface area contributed by atoms with Crippen LogP contribution in [0.15, 0.2) is 30.5 Å². The first-order valence-corrected chi connectivity index (χ1v) is 11.0. The first-order chi connectivity index (χ1) is 16.6. The van der Waals surface area contributed by atoms with Crippen LogP contribution in [0.1, 0.15) is 57.1 Å². The monoisotopic (exact) mass is 486 g/mol. The van der Waals surface area contributed by atoms with Crippen LogP contribution in [0.4, 0.5) is 18.9 Å². The molecule has 0 unspecified atom stereocenters. The van der Waals surface area contributed by atoms with Gasteiger partial charge in [0.05, 0.1) is 11.1 Å². The van der Waals surface area contributed by atoms with Crippen molar-refractivity contribution in [3.8, 4) is 0 Å². The molecule has 12 heteroatoms. The Balaban J connectivity index is 1.43. The molecule has 5 rings (SSSR count). The van der Waals surface area contributed by atoms with Crippen LogP contribution in [0.3, 0.4) is 0 Å². The maximum absolute atomic E-state index is 13.8. The van der Waals surface area contributed by atoms with Gasteiger partial charge in [0, 0.05) is 37.0 Å². The molecule has 3 aromatic rings. The van der Waals surface area contributed by atoms with Crippen molar-refractivity contribution in [2.45, 2.75) is 50.6 Å². The highest BCUT2D eigenvalue weighted by molar-refractivity contribution is 6.44. The Hall–Kier alpha value is -3.96. The van der Waals surface area contributed by atoms with Crippen LogP contribution in [0.25, 0.3) is 0 Å². The van der Waals surface area contributed by atoms with Gasteiger partial charge in [-0.05, 0) is 49.6 Å². The molecular formula is C23H21F3N6O3. The summed E-state index contributed by atoms with van der Waals surface area (Å²) >= 11 is 0. The van der Waals surface area contributed by atoms with Gasteiger partial charge in [0.15, 0.2) is 0 Å². The molecule has 0 radical (unpaired) electrons. The van der Waals surface area contributed by atoms with Crippen LogP contribution in [0, 0.1) is 12.7 Å². The minimum Gasteiger partial charge on any atom is -0.340 e. The molecular weight excluding hydrogens is 465 g/mol. The third-order valence-corrected chi connectivity index (χ3v) is 6.54. The quantitative estimate of drug-likeness (QED) is 0.365. The lowest BCUT2D eigenvalue weighted by atomic mass is 9.71. The van der Waals surface area contributed by atoms with Crippen LogP contribution < -0.4 is 10.6 Å². The van der Waals surface area contributed by atoms with Gasteiger partial charge < -0.3 is 15.2 Å². The van der Waals surface area contributed by atoms with Crippen molar-refractivity contribution in [1.82, 2.24) is 25.3 Å². The van der Waals surface area contributed by atoms with Crippen molar-refractivity contribution in [3.05, 3.63) is 64.5 Å². The van der Waals surface area contributed by atoms with Crippen molar-refractivity contribution in [3.63, 3.8) is 0 Å². The number of nitrogens with one attached hydrogen (secondary N) is 3. The molecule has 1 fully saturated rings. The number of H-pyrrole nitrogens is 1. The van der Waals surface area contributed by atoms with Crippen molar-refractivity contribution in [2.75, 3.05) is 5.32 Å². The number of hydrogen-bond acceptors (Lipinski definition) is 5. The number of nitrogens with zero attached hydrogens (tertiary/aromatic N) is 3. The number of anilines is 1. The standard InChI is InChI=1S/C23H21F3N6O3/c1-12-17(19(33)21(35)29-22(10-23(25,26)11-22)16-9-27-31-30-16)15-3-2-8-32(15)18(12)20(34)28-14-6-4-13(24)5-7-14/h4-7,9H,2-3,8,10-11H2,1H3,(H,28,34)(H,29,35)(H,27,30,31). The van der Waals surface area contributed by atoms with Crippen molar-refractivity contribution in [2.24, 2.45) is 0 Å². The zero-order valence-corrected chi connectivity index (χ0v) is 18.6. The van der Waals surface area contributed by atoms with Crippen molar-refractivity contribution >= 4 is 23.3 Å². The molecule has 1 saturated carbocycles. The summed E-state index contributed by atoms with van der Waals surface area (Å²) in [6.07, 6.45) is 1.04. The van der Waals surface area contributed by atoms with E-state index in [0.29, 0.717) is 36.3 Å². The van der Waals surface area contributed by atoms with Gasteiger partial charge in [-0.25, -0.2) is 13.2 Å². The second-order valence-electron chi connectivity index (χ2n) is 8.95. The Morgan fingerprint density at radius 2 is 1.86 bits per heavy atom. The van der Waals surface area contributed by atoms with Crippen LogP contribution in [0.2, 0.25) is 0 Å². The van der Waals surface area contributed by atoms with E-state index in [4.69, 9.17) is 0 Å². The highest BCUT2D eigenvalue weighted by Crippen LogP contribution is 2.51. The fourth-order valence-corrected chi connectivity index (χ4v) is 5.02. The first kappa shape index (κ1) is 22.8. The summed E-state index contributed by atoms with van der Waals surface area (Å²) in [5, 5.41) is 14.9. The summed E-state index contributed by atoms with van der Waals surface area (Å²) in [6, 6.07) is 5.24. The SMILES string of the molecule is Cc1c(C(=O)C(=O)NC2(c3c[nH]nn3)CC(F)(F)C2)c2n(c1C(=O)Nc1ccc(F)cc1)CCC2. The van der Waals surface area contributed by atoms with Crippen LogP contribution >= 0.6 is 0 Å². The number of carbonyl (C=O) groups excluding carboxylic acids is 3. The first-order valence-electron chi connectivity index (χ1n) is 11.0. The number of carbonyl (C=O) groups is 3. The molecule has 2 aliphatic rings. The molecule has 3 heterocycles. The second-order valence-corrected chi connectivity index (χ2v) is 8.95. The van der Waals surface area contributed by atoms with E-state index < -0.39 is 47.7 Å². The summed E-state index contributed by atoms with van der Waals surface area (Å²) in [7, 11) is 0. The van der Waals surface area contributed by atoms with Crippen LogP contribution in [-0.4, -0.2) is 43.5 Å². The third kappa shape index (κ3) is 3.88. The molecule has 0 spiro atoms. The number of halogens is 3. The van der Waals surface area contributed by atoms with Gasteiger partial charge in [-0.2, -0.15) is 0 Å². The second kappa shape index (κ2) is 8.07. The number of benzene rings is 1. The van der Waals surface area contributed by atoms with E-state index in [-0.39, 0.29) is 17.0 Å². The molecule has 3 N–H and O–H groups in total. The molecule has 0 saturated heterocycles. The zero-order valence-electron chi connectivity index (χ0n) is 18.6. The normalized spacial score (nSPS) is 17.4. The van der Waals surface area contributed by atoms with Crippen molar-refractivity contribution in [1.29, 1.82) is 0 Å². The smallest absolute Gasteiger partial charge is 0.293 e. The largest absolute Gasteiger partial charge is 0.340 e. The van der Waals surface area contributed by atoms with Gasteiger partial charge in [0.2, 0.25) is 0 Å². The fourth-order valence-electron chi connectivity index (χ4n) is 5.02. The fraction of sp³-hybridized carbons (Fsp3) is 0.348. The molecule has 2 amide bonds. The lowest BCUT2D eigenvalue weighted by molar-refractivity contribution is -0.148. The third-order valence-electron chi connectivity index (χ3n) is 6.54. The zero-order chi connectivity index (χ0) is 25.0. The molecule has 0 bridgehead atoms. The molecule has 1 aromatic carbocycles. The minimum atomic E-state index is -3.01. The number of amides is 2. The maximum atomic E-state index is 13.8. The summed E-state index contributed by atoms with van der Waals surface area (Å²) in [5.74, 6) is -5.93. The van der Waals surface area contributed by atoms with E-state index in [9.17, 15) is 27.6 Å². The molecule has 2 aromatic heterocycles. The molecule has 0 atom stereocenters. The summed E-state index contributed by atoms with van der Waals surface area (Å²) in [4.78, 5) is 39.3. The Morgan fingerprint density at radius 3 is 2.49 bits per heavy atom. The number of aromatic amines is 1. The Labute approximate surface area is 197 Å². The van der Waals surface area contributed by atoms with E-state index in [1.165, 1.54) is 30.5 Å². The highest BCUT2D eigenvalue weighted by Gasteiger charge is 2.60. The molecule has 182 valence electrons. The van der Waals surface area contributed by atoms with E-state index in [0.717, 1.165) is 0 Å². The lowest BCUT2D eigenvalue weighted by Gasteiger charge is -2.46. The number of alkyl halides is 2. The number of Topliss-reactive ketones (excluding diaryl/α,β-unsaturated/α-hetero) is 1. The van der Waals surface area contributed by atoms with Gasteiger partial charge in [-0.1, -0.05) is 5.21 Å². The number of rotatable bonds is 6. The van der Waals surface area contributed by atoms with Crippen LogP contribution in [0.5, 0.6) is 0 Å². The lowest BCUT2D eigenvalue weighted by Crippen LogP contribution is -2.61. The highest BCUT2D eigenvalue weighted by atomic mass is 19.3. The summed E-state index contributed by atoms with van der Waals surface area (Å²) in [6.45, 7) is 2.04. The minimum absolute atomic E-state index is 0.0886. The van der Waals surface area contributed by atoms with E-state index in [1.807, 2.05) is 0 Å². The van der Waals surface area contributed by atoms with Crippen molar-refractivity contribution < 1.29 is 27.6 Å². The molecule has 1 aliphatic carbocycles. The predicted molar refractivity (Wildman–Crippen MR) is 117 cm³/mol. The molecule has 9 nitrogen and oxygen atoms in total. The Bertz CT molecular complexity index is 1320. The summed E-state index contributed by atoms with van der Waals surface area (Å²) in [5.41, 5.74) is 0.140. The Morgan fingerprint density at radius 1 is 1.14 bits per heavy atom. The average Bonchev–Trinajstić information content (AvgIpc) is 3.51. The summed E-state index contributed by atoms with van der Waals surface area (Å²) < 4.78 is 42.4. The number of fused-ring (bicyclic) bond motifs is 1. The Kier molecular flexibility index (Phi) is 5.26. The predicted octanol–water partition coefficient (Wildman–Crippen LogP) is 2.88. The van der Waals surface area contributed by atoms with Gasteiger partial charge in [0.1, 0.15) is 17.2 Å². The maximum Gasteiger partial charge on any atom is 0.293 e.